The first-order valence-corrected chi connectivity index (χ1v) is 7.22. The highest BCUT2D eigenvalue weighted by atomic mass is 19.1. The van der Waals surface area contributed by atoms with Gasteiger partial charge in [0.25, 0.3) is 0 Å². The van der Waals surface area contributed by atoms with Gasteiger partial charge in [0.2, 0.25) is 0 Å². The number of hydrogen-bond acceptors (Lipinski definition) is 4. The maximum Gasteiger partial charge on any atom is 0.146 e. The van der Waals surface area contributed by atoms with E-state index in [0.717, 1.165) is 24.3 Å². The standard InChI is InChI=1S/C17H21FN4/c1-3-20-12-10-14-8-6-11-21-17(14)22(19-2)13-15-7-4-5-9-16(15)18/h3-9,11,19-20H,1,10,12-13H2,2H3. The van der Waals surface area contributed by atoms with Crippen LogP contribution in [-0.2, 0) is 13.0 Å². The highest BCUT2D eigenvalue weighted by Gasteiger charge is 2.13. The second-order valence-electron chi connectivity index (χ2n) is 4.80. The fourth-order valence-corrected chi connectivity index (χ4v) is 2.23. The molecule has 0 amide bonds. The van der Waals surface area contributed by atoms with Crippen molar-refractivity contribution in [1.29, 1.82) is 0 Å². The van der Waals surface area contributed by atoms with Gasteiger partial charge in [-0.3, -0.25) is 5.01 Å². The lowest BCUT2D eigenvalue weighted by molar-refractivity contribution is 0.592. The summed E-state index contributed by atoms with van der Waals surface area (Å²) in [5, 5.41) is 4.93. The molecule has 2 aromatic rings. The van der Waals surface area contributed by atoms with Gasteiger partial charge in [-0.2, -0.15) is 0 Å². The van der Waals surface area contributed by atoms with E-state index in [-0.39, 0.29) is 5.82 Å². The molecular weight excluding hydrogens is 279 g/mol. The number of anilines is 1. The van der Waals surface area contributed by atoms with Crippen LogP contribution in [0.5, 0.6) is 0 Å². The van der Waals surface area contributed by atoms with Crippen LogP contribution in [0.1, 0.15) is 11.1 Å². The highest BCUT2D eigenvalue weighted by molar-refractivity contribution is 5.46. The molecule has 5 heteroatoms. The van der Waals surface area contributed by atoms with Crippen LogP contribution in [0.15, 0.2) is 55.4 Å². The lowest BCUT2D eigenvalue weighted by atomic mass is 10.1. The van der Waals surface area contributed by atoms with Crippen molar-refractivity contribution < 1.29 is 4.39 Å². The van der Waals surface area contributed by atoms with Gasteiger partial charge in [0.05, 0.1) is 6.54 Å². The molecule has 0 spiro atoms. The Kier molecular flexibility index (Phi) is 5.91. The highest BCUT2D eigenvalue weighted by Crippen LogP contribution is 2.19. The van der Waals surface area contributed by atoms with E-state index in [1.807, 2.05) is 23.2 Å². The van der Waals surface area contributed by atoms with Crippen LogP contribution in [-0.4, -0.2) is 18.6 Å². The van der Waals surface area contributed by atoms with E-state index in [1.54, 1.807) is 31.6 Å². The maximum absolute atomic E-state index is 13.9. The molecule has 0 aliphatic heterocycles. The van der Waals surface area contributed by atoms with Crippen LogP contribution >= 0.6 is 0 Å². The van der Waals surface area contributed by atoms with Crippen molar-refractivity contribution in [2.24, 2.45) is 0 Å². The van der Waals surface area contributed by atoms with Gasteiger partial charge >= 0.3 is 0 Å². The average Bonchev–Trinajstić information content (AvgIpc) is 2.55. The SMILES string of the molecule is C=CNCCc1cccnc1N(Cc1ccccc1F)NC. The van der Waals surface area contributed by atoms with Crippen molar-refractivity contribution in [1.82, 2.24) is 15.7 Å². The zero-order chi connectivity index (χ0) is 15.8. The molecule has 0 aliphatic carbocycles. The Hall–Kier alpha value is -2.40. The molecule has 0 radical (unpaired) electrons. The fraction of sp³-hybridized carbons (Fsp3) is 0.235. The molecule has 1 aromatic heterocycles. The van der Waals surface area contributed by atoms with Gasteiger partial charge in [-0.25, -0.2) is 14.8 Å². The topological polar surface area (TPSA) is 40.2 Å². The summed E-state index contributed by atoms with van der Waals surface area (Å²) in [6.07, 6.45) is 4.22. The first-order valence-electron chi connectivity index (χ1n) is 7.22. The predicted octanol–water partition coefficient (Wildman–Crippen LogP) is 2.64. The van der Waals surface area contributed by atoms with Gasteiger partial charge < -0.3 is 5.32 Å². The van der Waals surface area contributed by atoms with Gasteiger partial charge in [-0.05, 0) is 30.3 Å². The number of nitrogens with zero attached hydrogens (tertiary/aromatic N) is 2. The van der Waals surface area contributed by atoms with Crippen LogP contribution in [0, 0.1) is 5.82 Å². The minimum atomic E-state index is -0.214. The second-order valence-corrected chi connectivity index (χ2v) is 4.80. The minimum Gasteiger partial charge on any atom is -0.391 e. The van der Waals surface area contributed by atoms with Crippen LogP contribution in [0.25, 0.3) is 0 Å². The van der Waals surface area contributed by atoms with Crippen molar-refractivity contribution in [2.45, 2.75) is 13.0 Å². The van der Waals surface area contributed by atoms with Crippen LogP contribution in [0.2, 0.25) is 0 Å². The molecule has 0 bridgehead atoms. The second kappa shape index (κ2) is 8.14. The van der Waals surface area contributed by atoms with E-state index in [1.165, 1.54) is 6.07 Å². The van der Waals surface area contributed by atoms with E-state index in [0.29, 0.717) is 12.1 Å². The number of pyridine rings is 1. The van der Waals surface area contributed by atoms with Gasteiger partial charge in [-0.1, -0.05) is 30.8 Å². The smallest absolute Gasteiger partial charge is 0.146 e. The Morgan fingerprint density at radius 1 is 1.23 bits per heavy atom. The van der Waals surface area contributed by atoms with E-state index < -0.39 is 0 Å². The molecule has 0 saturated heterocycles. The van der Waals surface area contributed by atoms with Crippen molar-refractivity contribution in [3.05, 3.63) is 72.3 Å². The summed E-state index contributed by atoms with van der Waals surface area (Å²) < 4.78 is 13.9. The van der Waals surface area contributed by atoms with Gasteiger partial charge in [-0.15, -0.1) is 0 Å². The minimum absolute atomic E-state index is 0.214. The zero-order valence-electron chi connectivity index (χ0n) is 12.7. The molecule has 1 aromatic carbocycles. The number of benzene rings is 1. The average molecular weight is 300 g/mol. The Labute approximate surface area is 130 Å². The molecule has 2 rings (SSSR count). The number of aromatic nitrogens is 1. The summed E-state index contributed by atoms with van der Waals surface area (Å²) in [6.45, 7) is 4.82. The molecule has 1 heterocycles. The number of rotatable bonds is 8. The monoisotopic (exact) mass is 300 g/mol. The van der Waals surface area contributed by atoms with E-state index in [4.69, 9.17) is 0 Å². The van der Waals surface area contributed by atoms with Crippen LogP contribution in [0.4, 0.5) is 10.2 Å². The van der Waals surface area contributed by atoms with Crippen molar-refractivity contribution >= 4 is 5.82 Å². The largest absolute Gasteiger partial charge is 0.391 e. The summed E-state index contributed by atoms with van der Waals surface area (Å²) in [5.41, 5.74) is 4.80. The lowest BCUT2D eigenvalue weighted by Crippen LogP contribution is -2.36. The normalized spacial score (nSPS) is 10.3. The van der Waals surface area contributed by atoms with Crippen molar-refractivity contribution in [2.75, 3.05) is 18.6 Å². The molecule has 116 valence electrons. The van der Waals surface area contributed by atoms with Crippen molar-refractivity contribution in [3.63, 3.8) is 0 Å². The summed E-state index contributed by atoms with van der Waals surface area (Å²) in [6, 6.07) is 10.7. The summed E-state index contributed by atoms with van der Waals surface area (Å²) in [7, 11) is 1.81. The number of nitrogens with one attached hydrogen (secondary N) is 2. The van der Waals surface area contributed by atoms with Crippen LogP contribution < -0.4 is 15.8 Å². The lowest BCUT2D eigenvalue weighted by Gasteiger charge is -2.25. The predicted molar refractivity (Wildman–Crippen MR) is 87.8 cm³/mol. The molecule has 0 unspecified atom stereocenters. The third-order valence-corrected chi connectivity index (χ3v) is 3.36. The maximum atomic E-state index is 13.9. The summed E-state index contributed by atoms with van der Waals surface area (Å²) >= 11 is 0. The van der Waals surface area contributed by atoms with Gasteiger partial charge in [0, 0.05) is 25.4 Å². The Morgan fingerprint density at radius 3 is 2.73 bits per heavy atom. The Morgan fingerprint density at radius 2 is 2.00 bits per heavy atom. The molecule has 0 saturated carbocycles. The molecule has 22 heavy (non-hydrogen) atoms. The first-order chi connectivity index (χ1) is 10.8. The molecule has 4 nitrogen and oxygen atoms in total. The summed E-state index contributed by atoms with van der Waals surface area (Å²) in [5.74, 6) is 0.590. The van der Waals surface area contributed by atoms with Gasteiger partial charge in [0.15, 0.2) is 0 Å². The molecule has 0 fully saturated rings. The quantitative estimate of drug-likeness (QED) is 0.581. The number of halogens is 1. The molecule has 2 N–H and O–H groups in total. The third-order valence-electron chi connectivity index (χ3n) is 3.36. The third kappa shape index (κ3) is 4.05. The Bertz CT molecular complexity index is 615. The summed E-state index contributed by atoms with van der Waals surface area (Å²) in [4.78, 5) is 4.44. The number of hydrogen-bond donors (Lipinski definition) is 2. The van der Waals surface area contributed by atoms with E-state index in [9.17, 15) is 4.39 Å². The van der Waals surface area contributed by atoms with Crippen molar-refractivity contribution in [3.8, 4) is 0 Å². The molecule has 0 atom stereocenters. The Balaban J connectivity index is 2.20. The van der Waals surface area contributed by atoms with E-state index in [2.05, 4.69) is 22.3 Å². The molecular formula is C17H21FN4. The molecule has 0 aliphatic rings. The fourth-order valence-electron chi connectivity index (χ4n) is 2.23. The first kappa shape index (κ1) is 16.0. The van der Waals surface area contributed by atoms with Crippen LogP contribution in [0.3, 0.4) is 0 Å². The van der Waals surface area contributed by atoms with Gasteiger partial charge in [0.1, 0.15) is 11.6 Å². The number of hydrazine groups is 1. The van der Waals surface area contributed by atoms with E-state index >= 15 is 0 Å². The zero-order valence-corrected chi connectivity index (χ0v) is 12.7.